The minimum absolute atomic E-state index is 0.277. The van der Waals surface area contributed by atoms with Crippen molar-refractivity contribution in [3.05, 3.63) is 23.4 Å². The van der Waals surface area contributed by atoms with Gasteiger partial charge in [-0.1, -0.05) is 42.6 Å². The van der Waals surface area contributed by atoms with E-state index in [0.717, 1.165) is 17.9 Å². The number of halogens is 1. The van der Waals surface area contributed by atoms with Gasteiger partial charge in [0.15, 0.2) is 0 Å². The number of rotatable bonds is 4. The fraction of sp³-hybridized carbons (Fsp3) is 0.538. The molecule has 0 radical (unpaired) electrons. The summed E-state index contributed by atoms with van der Waals surface area (Å²) in [6.07, 6.45) is 7.52. The lowest BCUT2D eigenvalue weighted by atomic mass is 9.87. The Labute approximate surface area is 111 Å². The van der Waals surface area contributed by atoms with Gasteiger partial charge in [0, 0.05) is 12.1 Å². The standard InChI is InChI=1S/C13H16ClNOS/c14-11-7-4-8-15-13(11)17-9-12(16)10-5-2-1-3-6-10/h4,7-8,10H,1-3,5-6,9H2. The quantitative estimate of drug-likeness (QED) is 0.775. The Hall–Kier alpha value is -0.540. The van der Waals surface area contributed by atoms with Gasteiger partial charge in [-0.3, -0.25) is 4.79 Å². The molecule has 0 amide bonds. The van der Waals surface area contributed by atoms with Crippen LogP contribution in [0.2, 0.25) is 5.02 Å². The van der Waals surface area contributed by atoms with E-state index >= 15 is 0 Å². The van der Waals surface area contributed by atoms with E-state index in [9.17, 15) is 4.79 Å². The number of carbonyl (C=O) groups excluding carboxylic acids is 1. The third-order valence-corrected chi connectivity index (χ3v) is 4.58. The number of hydrogen-bond acceptors (Lipinski definition) is 3. The maximum absolute atomic E-state index is 12.0. The number of pyridine rings is 1. The lowest BCUT2D eigenvalue weighted by molar-refractivity contribution is -0.121. The highest BCUT2D eigenvalue weighted by Crippen LogP contribution is 2.28. The minimum Gasteiger partial charge on any atom is -0.298 e. The molecular formula is C13H16ClNOS. The molecule has 1 aliphatic carbocycles. The number of carbonyl (C=O) groups is 1. The highest BCUT2D eigenvalue weighted by molar-refractivity contribution is 8.00. The highest BCUT2D eigenvalue weighted by Gasteiger charge is 2.21. The maximum Gasteiger partial charge on any atom is 0.146 e. The van der Waals surface area contributed by atoms with Crippen LogP contribution in [0.4, 0.5) is 0 Å². The Balaban J connectivity index is 1.85. The number of Topliss-reactive ketones (excluding diaryl/α,β-unsaturated/α-hetero) is 1. The zero-order valence-corrected chi connectivity index (χ0v) is 11.3. The number of nitrogens with zero attached hydrogens (tertiary/aromatic N) is 1. The first kappa shape index (κ1) is 12.9. The van der Waals surface area contributed by atoms with E-state index in [0.29, 0.717) is 16.6 Å². The second-order valence-corrected chi connectivity index (χ2v) is 5.75. The first-order valence-electron chi connectivity index (χ1n) is 6.03. The normalized spacial score (nSPS) is 17.0. The topological polar surface area (TPSA) is 30.0 Å². The lowest BCUT2D eigenvalue weighted by Crippen LogP contribution is -2.19. The van der Waals surface area contributed by atoms with Crippen LogP contribution in [-0.2, 0) is 4.79 Å². The van der Waals surface area contributed by atoms with Gasteiger partial charge < -0.3 is 0 Å². The molecular weight excluding hydrogens is 254 g/mol. The number of ketones is 1. The molecule has 0 atom stereocenters. The van der Waals surface area contributed by atoms with E-state index in [4.69, 9.17) is 11.6 Å². The number of thioether (sulfide) groups is 1. The number of aromatic nitrogens is 1. The summed E-state index contributed by atoms with van der Waals surface area (Å²) in [6.45, 7) is 0. The van der Waals surface area contributed by atoms with Gasteiger partial charge in [0.05, 0.1) is 10.8 Å². The predicted octanol–water partition coefficient (Wildman–Crippen LogP) is 3.98. The molecule has 0 spiro atoms. The van der Waals surface area contributed by atoms with E-state index < -0.39 is 0 Å². The Bertz CT molecular complexity index is 391. The largest absolute Gasteiger partial charge is 0.298 e. The maximum atomic E-state index is 12.0. The molecule has 0 N–H and O–H groups in total. The number of hydrogen-bond donors (Lipinski definition) is 0. The molecule has 92 valence electrons. The summed E-state index contributed by atoms with van der Waals surface area (Å²) in [7, 11) is 0. The second kappa shape index (κ2) is 6.41. The first-order chi connectivity index (χ1) is 8.27. The fourth-order valence-corrected chi connectivity index (χ4v) is 3.30. The monoisotopic (exact) mass is 269 g/mol. The van der Waals surface area contributed by atoms with Crippen LogP contribution in [0.25, 0.3) is 0 Å². The molecule has 2 rings (SSSR count). The van der Waals surface area contributed by atoms with Gasteiger partial charge in [-0.2, -0.15) is 0 Å². The summed E-state index contributed by atoms with van der Waals surface area (Å²) in [5, 5.41) is 1.40. The van der Waals surface area contributed by atoms with Crippen LogP contribution in [-0.4, -0.2) is 16.5 Å². The zero-order valence-electron chi connectivity index (χ0n) is 9.69. The van der Waals surface area contributed by atoms with Crippen molar-refractivity contribution in [3.8, 4) is 0 Å². The molecule has 0 bridgehead atoms. The van der Waals surface area contributed by atoms with Crippen molar-refractivity contribution in [1.29, 1.82) is 0 Å². The molecule has 1 aromatic rings. The molecule has 17 heavy (non-hydrogen) atoms. The van der Waals surface area contributed by atoms with Crippen molar-refractivity contribution in [2.75, 3.05) is 5.75 Å². The SMILES string of the molecule is O=C(CSc1ncccc1Cl)C1CCCCC1. The van der Waals surface area contributed by atoms with Crippen LogP contribution in [0.15, 0.2) is 23.4 Å². The Morgan fingerprint density at radius 1 is 1.41 bits per heavy atom. The Morgan fingerprint density at radius 3 is 2.88 bits per heavy atom. The average Bonchev–Trinajstić information content (AvgIpc) is 2.38. The zero-order chi connectivity index (χ0) is 12.1. The molecule has 1 aromatic heterocycles. The molecule has 1 aliphatic rings. The van der Waals surface area contributed by atoms with Crippen LogP contribution >= 0.6 is 23.4 Å². The summed E-state index contributed by atoms with van der Waals surface area (Å²) >= 11 is 7.46. The third-order valence-electron chi connectivity index (χ3n) is 3.14. The van der Waals surface area contributed by atoms with Gasteiger partial charge in [-0.05, 0) is 25.0 Å². The van der Waals surface area contributed by atoms with Crippen molar-refractivity contribution in [1.82, 2.24) is 4.98 Å². The molecule has 0 aromatic carbocycles. The smallest absolute Gasteiger partial charge is 0.146 e. The second-order valence-electron chi connectivity index (χ2n) is 4.38. The van der Waals surface area contributed by atoms with Gasteiger partial charge in [0.1, 0.15) is 10.8 Å². The van der Waals surface area contributed by atoms with E-state index in [2.05, 4.69) is 4.98 Å². The van der Waals surface area contributed by atoms with Crippen LogP contribution in [0.3, 0.4) is 0 Å². The summed E-state index contributed by atoms with van der Waals surface area (Å²) in [4.78, 5) is 16.2. The molecule has 4 heteroatoms. The van der Waals surface area contributed by atoms with Crippen LogP contribution in [0.5, 0.6) is 0 Å². The van der Waals surface area contributed by atoms with Crippen molar-refractivity contribution < 1.29 is 4.79 Å². The Kier molecular flexibility index (Phi) is 4.86. The van der Waals surface area contributed by atoms with E-state index in [-0.39, 0.29) is 5.92 Å². The average molecular weight is 270 g/mol. The highest BCUT2D eigenvalue weighted by atomic mass is 35.5. The van der Waals surface area contributed by atoms with Crippen molar-refractivity contribution in [2.24, 2.45) is 5.92 Å². The molecule has 2 nitrogen and oxygen atoms in total. The Morgan fingerprint density at radius 2 is 2.18 bits per heavy atom. The van der Waals surface area contributed by atoms with Crippen LogP contribution < -0.4 is 0 Å². The van der Waals surface area contributed by atoms with Crippen LogP contribution in [0.1, 0.15) is 32.1 Å². The van der Waals surface area contributed by atoms with Crippen molar-refractivity contribution >= 4 is 29.1 Å². The lowest BCUT2D eigenvalue weighted by Gasteiger charge is -2.19. The van der Waals surface area contributed by atoms with Gasteiger partial charge in [-0.15, -0.1) is 0 Å². The third kappa shape index (κ3) is 3.71. The van der Waals surface area contributed by atoms with Crippen LogP contribution in [0, 0.1) is 5.92 Å². The van der Waals surface area contributed by atoms with Crippen molar-refractivity contribution in [2.45, 2.75) is 37.1 Å². The van der Waals surface area contributed by atoms with Gasteiger partial charge in [-0.25, -0.2) is 4.98 Å². The molecule has 0 saturated heterocycles. The predicted molar refractivity (Wildman–Crippen MR) is 71.6 cm³/mol. The minimum atomic E-state index is 0.277. The summed E-state index contributed by atoms with van der Waals surface area (Å²) in [5.41, 5.74) is 0. The van der Waals surface area contributed by atoms with E-state index in [1.54, 1.807) is 12.3 Å². The van der Waals surface area contributed by atoms with Crippen molar-refractivity contribution in [3.63, 3.8) is 0 Å². The molecule has 1 fully saturated rings. The van der Waals surface area contributed by atoms with E-state index in [1.165, 1.54) is 31.0 Å². The van der Waals surface area contributed by atoms with Gasteiger partial charge in [0.2, 0.25) is 0 Å². The fourth-order valence-electron chi connectivity index (χ4n) is 2.16. The summed E-state index contributed by atoms with van der Waals surface area (Å²) < 4.78 is 0. The van der Waals surface area contributed by atoms with Gasteiger partial charge in [0.25, 0.3) is 0 Å². The summed E-state index contributed by atoms with van der Waals surface area (Å²) in [6, 6.07) is 3.61. The molecule has 1 heterocycles. The summed E-state index contributed by atoms with van der Waals surface area (Å²) in [5.74, 6) is 1.14. The van der Waals surface area contributed by atoms with Gasteiger partial charge >= 0.3 is 0 Å². The molecule has 1 saturated carbocycles. The van der Waals surface area contributed by atoms with E-state index in [1.807, 2.05) is 6.07 Å². The molecule has 0 aliphatic heterocycles. The molecule has 0 unspecified atom stereocenters. The first-order valence-corrected chi connectivity index (χ1v) is 7.40.